The number of amides is 1. The summed E-state index contributed by atoms with van der Waals surface area (Å²) in [7, 11) is 0. The molecule has 0 spiro atoms. The highest BCUT2D eigenvalue weighted by Gasteiger charge is 2.33. The Hall–Kier alpha value is -1.06. The van der Waals surface area contributed by atoms with Crippen LogP contribution in [0.2, 0.25) is 0 Å². The van der Waals surface area contributed by atoms with Crippen molar-refractivity contribution in [2.75, 3.05) is 5.32 Å². The number of nitrogens with one attached hydrogen (secondary N) is 1. The van der Waals surface area contributed by atoms with Gasteiger partial charge in [0.25, 0.3) is 0 Å². The molecule has 1 aromatic carbocycles. The van der Waals surface area contributed by atoms with Crippen LogP contribution in [0.4, 0.5) is 5.69 Å². The van der Waals surface area contributed by atoms with Gasteiger partial charge >= 0.3 is 0 Å². The summed E-state index contributed by atoms with van der Waals surface area (Å²) in [6.07, 6.45) is 2.17. The Kier molecular flexibility index (Phi) is 4.12. The van der Waals surface area contributed by atoms with Crippen molar-refractivity contribution >= 4 is 24.0 Å². The fourth-order valence-corrected chi connectivity index (χ4v) is 1.42. The van der Waals surface area contributed by atoms with Gasteiger partial charge in [0.2, 0.25) is 5.91 Å². The number of benzene rings is 1. The predicted octanol–water partition coefficient (Wildman–Crippen LogP) is 1.78. The third-order valence-corrected chi connectivity index (χ3v) is 2.47. The minimum atomic E-state index is -0.338. The molecule has 0 heterocycles. The molecule has 1 amide bonds. The standard InChI is InChI=1S/C11H14N2O.ClH/c12-10(8-6-7-8)11(14)13-9-4-2-1-3-5-9;/h1-5,8,10H,6-7,12H2,(H,13,14);1H/t10-;/m1./s1. The van der Waals surface area contributed by atoms with E-state index in [1.807, 2.05) is 30.3 Å². The van der Waals surface area contributed by atoms with Gasteiger partial charge in [-0.3, -0.25) is 4.79 Å². The molecule has 1 atom stereocenters. The van der Waals surface area contributed by atoms with E-state index in [1.165, 1.54) is 0 Å². The average molecular weight is 227 g/mol. The van der Waals surface area contributed by atoms with Gasteiger partial charge in [0.05, 0.1) is 6.04 Å². The monoisotopic (exact) mass is 226 g/mol. The second kappa shape index (κ2) is 5.14. The van der Waals surface area contributed by atoms with Crippen LogP contribution in [0.1, 0.15) is 12.8 Å². The van der Waals surface area contributed by atoms with Crippen molar-refractivity contribution in [3.63, 3.8) is 0 Å². The average Bonchev–Trinajstić information content (AvgIpc) is 3.01. The van der Waals surface area contributed by atoms with Crippen molar-refractivity contribution in [2.24, 2.45) is 11.7 Å². The van der Waals surface area contributed by atoms with Crippen LogP contribution in [0.25, 0.3) is 0 Å². The normalized spacial score (nSPS) is 16.3. The molecule has 0 aromatic heterocycles. The van der Waals surface area contributed by atoms with Gasteiger partial charge < -0.3 is 11.1 Å². The minimum absolute atomic E-state index is 0. The maximum atomic E-state index is 11.6. The summed E-state index contributed by atoms with van der Waals surface area (Å²) in [5, 5.41) is 2.80. The van der Waals surface area contributed by atoms with E-state index in [9.17, 15) is 4.79 Å². The van der Waals surface area contributed by atoms with Crippen LogP contribution in [0.5, 0.6) is 0 Å². The van der Waals surface area contributed by atoms with Crippen LogP contribution in [0.3, 0.4) is 0 Å². The van der Waals surface area contributed by atoms with Gasteiger partial charge in [-0.25, -0.2) is 0 Å². The number of anilines is 1. The summed E-state index contributed by atoms with van der Waals surface area (Å²) >= 11 is 0. The summed E-state index contributed by atoms with van der Waals surface area (Å²) in [5.74, 6) is 0.331. The summed E-state index contributed by atoms with van der Waals surface area (Å²) in [5.41, 5.74) is 6.57. The van der Waals surface area contributed by atoms with Crippen molar-refractivity contribution in [3.8, 4) is 0 Å². The van der Waals surface area contributed by atoms with E-state index < -0.39 is 0 Å². The molecule has 15 heavy (non-hydrogen) atoms. The maximum absolute atomic E-state index is 11.6. The zero-order chi connectivity index (χ0) is 9.97. The summed E-state index contributed by atoms with van der Waals surface area (Å²) < 4.78 is 0. The van der Waals surface area contributed by atoms with Crippen LogP contribution in [0, 0.1) is 5.92 Å². The van der Waals surface area contributed by atoms with Gasteiger partial charge in [0.1, 0.15) is 0 Å². The van der Waals surface area contributed by atoms with Crippen molar-refractivity contribution < 1.29 is 4.79 Å². The van der Waals surface area contributed by atoms with Gasteiger partial charge in [0, 0.05) is 5.69 Å². The number of para-hydroxylation sites is 1. The molecule has 1 saturated carbocycles. The lowest BCUT2D eigenvalue weighted by Crippen LogP contribution is -2.37. The highest BCUT2D eigenvalue weighted by molar-refractivity contribution is 5.95. The van der Waals surface area contributed by atoms with Crippen LogP contribution in [-0.4, -0.2) is 11.9 Å². The molecule has 1 fully saturated rings. The summed E-state index contributed by atoms with van der Waals surface area (Å²) in [4.78, 5) is 11.6. The molecule has 1 aliphatic rings. The van der Waals surface area contributed by atoms with Crippen LogP contribution in [0.15, 0.2) is 30.3 Å². The van der Waals surface area contributed by atoms with Crippen molar-refractivity contribution in [1.29, 1.82) is 0 Å². The molecule has 82 valence electrons. The molecule has 1 aromatic rings. The number of carbonyl (C=O) groups excluding carboxylic acids is 1. The molecule has 4 heteroatoms. The van der Waals surface area contributed by atoms with Gasteiger partial charge in [-0.15, -0.1) is 12.4 Å². The second-order valence-corrected chi connectivity index (χ2v) is 3.72. The Morgan fingerprint density at radius 1 is 1.33 bits per heavy atom. The fraction of sp³-hybridized carbons (Fsp3) is 0.364. The zero-order valence-corrected chi connectivity index (χ0v) is 9.17. The molecule has 0 unspecified atom stereocenters. The first-order valence-electron chi connectivity index (χ1n) is 4.89. The van der Waals surface area contributed by atoms with E-state index in [4.69, 9.17) is 5.73 Å². The smallest absolute Gasteiger partial charge is 0.241 e. The van der Waals surface area contributed by atoms with E-state index in [0.29, 0.717) is 5.92 Å². The number of hydrogen-bond donors (Lipinski definition) is 2. The zero-order valence-electron chi connectivity index (χ0n) is 8.35. The fourth-order valence-electron chi connectivity index (χ4n) is 1.42. The number of nitrogens with two attached hydrogens (primary N) is 1. The lowest BCUT2D eigenvalue weighted by Gasteiger charge is -2.10. The van der Waals surface area contributed by atoms with Gasteiger partial charge in [-0.05, 0) is 30.9 Å². The number of halogens is 1. The molecule has 0 radical (unpaired) electrons. The molecule has 0 bridgehead atoms. The third kappa shape index (κ3) is 3.22. The Morgan fingerprint density at radius 2 is 1.93 bits per heavy atom. The number of hydrogen-bond acceptors (Lipinski definition) is 2. The third-order valence-electron chi connectivity index (χ3n) is 2.47. The van der Waals surface area contributed by atoms with E-state index in [-0.39, 0.29) is 24.4 Å². The Balaban J connectivity index is 0.00000112. The lowest BCUT2D eigenvalue weighted by molar-refractivity contribution is -0.117. The van der Waals surface area contributed by atoms with E-state index >= 15 is 0 Å². The van der Waals surface area contributed by atoms with Crippen LogP contribution in [-0.2, 0) is 4.79 Å². The maximum Gasteiger partial charge on any atom is 0.241 e. The molecular formula is C11H15ClN2O. The quantitative estimate of drug-likeness (QED) is 0.826. The van der Waals surface area contributed by atoms with Crippen LogP contribution < -0.4 is 11.1 Å². The Bertz CT molecular complexity index is 325. The van der Waals surface area contributed by atoms with Crippen molar-refractivity contribution in [3.05, 3.63) is 30.3 Å². The second-order valence-electron chi connectivity index (χ2n) is 3.72. The first-order chi connectivity index (χ1) is 6.77. The SMILES string of the molecule is Cl.N[C@@H](C(=O)Nc1ccccc1)C1CC1. The van der Waals surface area contributed by atoms with Crippen LogP contribution >= 0.6 is 12.4 Å². The number of rotatable bonds is 3. The largest absolute Gasteiger partial charge is 0.325 e. The van der Waals surface area contributed by atoms with Crippen molar-refractivity contribution in [1.82, 2.24) is 0 Å². The Labute approximate surface area is 95.5 Å². The van der Waals surface area contributed by atoms with Gasteiger partial charge in [-0.1, -0.05) is 18.2 Å². The lowest BCUT2D eigenvalue weighted by atomic mass is 10.2. The molecule has 3 nitrogen and oxygen atoms in total. The van der Waals surface area contributed by atoms with E-state index in [1.54, 1.807) is 0 Å². The molecular weight excluding hydrogens is 212 g/mol. The topological polar surface area (TPSA) is 55.1 Å². The molecule has 0 aliphatic heterocycles. The van der Waals surface area contributed by atoms with E-state index in [0.717, 1.165) is 18.5 Å². The van der Waals surface area contributed by atoms with Gasteiger partial charge in [0.15, 0.2) is 0 Å². The summed E-state index contributed by atoms with van der Waals surface area (Å²) in [6, 6.07) is 9.07. The highest BCUT2D eigenvalue weighted by Crippen LogP contribution is 2.31. The van der Waals surface area contributed by atoms with Gasteiger partial charge in [-0.2, -0.15) is 0 Å². The predicted molar refractivity (Wildman–Crippen MR) is 63.0 cm³/mol. The van der Waals surface area contributed by atoms with Crippen molar-refractivity contribution in [2.45, 2.75) is 18.9 Å². The minimum Gasteiger partial charge on any atom is -0.325 e. The summed E-state index contributed by atoms with van der Waals surface area (Å²) in [6.45, 7) is 0. The first-order valence-corrected chi connectivity index (χ1v) is 4.89. The molecule has 2 rings (SSSR count). The number of carbonyl (C=O) groups is 1. The first kappa shape index (κ1) is 12.0. The molecule has 0 saturated heterocycles. The molecule has 3 N–H and O–H groups in total. The Morgan fingerprint density at radius 3 is 2.47 bits per heavy atom. The highest BCUT2D eigenvalue weighted by atomic mass is 35.5. The molecule has 1 aliphatic carbocycles. The van der Waals surface area contributed by atoms with E-state index in [2.05, 4.69) is 5.32 Å².